The zero-order valence-electron chi connectivity index (χ0n) is 29.0. The van der Waals surface area contributed by atoms with Gasteiger partial charge in [-0.2, -0.15) is 0 Å². The van der Waals surface area contributed by atoms with Gasteiger partial charge in [0.1, 0.15) is 11.2 Å². The summed E-state index contributed by atoms with van der Waals surface area (Å²) in [4.78, 5) is 10.2. The van der Waals surface area contributed by atoms with Crippen molar-refractivity contribution in [1.29, 1.82) is 0 Å². The van der Waals surface area contributed by atoms with Gasteiger partial charge in [-0.1, -0.05) is 159 Å². The van der Waals surface area contributed by atoms with Crippen LogP contribution in [-0.2, 0) is 5.41 Å². The smallest absolute Gasteiger partial charge is 0.160 e. The molecular weight excluding hydrogens is 633 g/mol. The van der Waals surface area contributed by atoms with Crippen molar-refractivity contribution in [2.75, 3.05) is 0 Å². The van der Waals surface area contributed by atoms with Crippen LogP contribution in [0.4, 0.5) is 0 Å². The Bertz CT molecular complexity index is 2740. The van der Waals surface area contributed by atoms with Crippen molar-refractivity contribution in [3.05, 3.63) is 181 Å². The molecule has 0 N–H and O–H groups in total. The molecule has 0 bridgehead atoms. The first-order valence-electron chi connectivity index (χ1n) is 17.8. The largest absolute Gasteiger partial charge is 0.455 e. The van der Waals surface area contributed by atoms with Crippen molar-refractivity contribution < 1.29 is 4.42 Å². The van der Waals surface area contributed by atoms with Crippen LogP contribution in [-0.4, -0.2) is 9.97 Å². The molecule has 0 unspecified atom stereocenters. The quantitative estimate of drug-likeness (QED) is 0.183. The van der Waals surface area contributed by atoms with E-state index in [1.807, 2.05) is 48.5 Å². The van der Waals surface area contributed by atoms with E-state index < -0.39 is 0 Å². The number of rotatable bonds is 5. The summed E-state index contributed by atoms with van der Waals surface area (Å²) >= 11 is 0. The molecule has 2 heterocycles. The fourth-order valence-electron chi connectivity index (χ4n) is 8.05. The third-order valence-corrected chi connectivity index (χ3v) is 10.7. The number of aromatic nitrogens is 2. The molecule has 52 heavy (non-hydrogen) atoms. The third-order valence-electron chi connectivity index (χ3n) is 10.7. The Hall–Kier alpha value is -6.58. The zero-order valence-corrected chi connectivity index (χ0v) is 29.0. The van der Waals surface area contributed by atoms with Crippen molar-refractivity contribution in [2.24, 2.45) is 0 Å². The van der Waals surface area contributed by atoms with Gasteiger partial charge in [0.25, 0.3) is 0 Å². The van der Waals surface area contributed by atoms with Gasteiger partial charge in [-0.15, -0.1) is 0 Å². The molecule has 0 aliphatic heterocycles. The summed E-state index contributed by atoms with van der Waals surface area (Å²) in [5.74, 6) is 0.691. The number of benzene rings is 7. The summed E-state index contributed by atoms with van der Waals surface area (Å²) in [6.45, 7) is 4.67. The summed E-state index contributed by atoms with van der Waals surface area (Å²) in [7, 11) is 0. The number of furan rings is 1. The van der Waals surface area contributed by atoms with Crippen LogP contribution >= 0.6 is 0 Å². The van der Waals surface area contributed by atoms with Crippen molar-refractivity contribution in [3.8, 4) is 67.3 Å². The monoisotopic (exact) mass is 666 g/mol. The molecule has 0 atom stereocenters. The Morgan fingerprint density at radius 2 is 1.02 bits per heavy atom. The van der Waals surface area contributed by atoms with Gasteiger partial charge in [0.15, 0.2) is 5.82 Å². The molecule has 0 spiro atoms. The van der Waals surface area contributed by atoms with Crippen LogP contribution in [0.3, 0.4) is 0 Å². The van der Waals surface area contributed by atoms with Crippen LogP contribution in [0.5, 0.6) is 0 Å². The minimum atomic E-state index is -0.0378. The van der Waals surface area contributed by atoms with E-state index in [9.17, 15) is 0 Å². The molecular formula is C49H34N2O. The molecule has 1 aliphatic rings. The lowest BCUT2D eigenvalue weighted by atomic mass is 9.81. The molecule has 0 saturated heterocycles. The number of hydrogen-bond donors (Lipinski definition) is 0. The maximum absolute atomic E-state index is 6.71. The van der Waals surface area contributed by atoms with Gasteiger partial charge in [-0.3, -0.25) is 0 Å². The van der Waals surface area contributed by atoms with Gasteiger partial charge < -0.3 is 4.42 Å². The van der Waals surface area contributed by atoms with E-state index in [0.29, 0.717) is 5.82 Å². The predicted molar refractivity (Wildman–Crippen MR) is 214 cm³/mol. The second-order valence-electron chi connectivity index (χ2n) is 14.2. The summed E-state index contributed by atoms with van der Waals surface area (Å²) in [5, 5.41) is 2.11. The maximum atomic E-state index is 6.71. The molecule has 0 radical (unpaired) electrons. The van der Waals surface area contributed by atoms with Gasteiger partial charge in [0.2, 0.25) is 0 Å². The molecule has 2 aromatic heterocycles. The Morgan fingerprint density at radius 3 is 1.83 bits per heavy atom. The minimum Gasteiger partial charge on any atom is -0.455 e. The van der Waals surface area contributed by atoms with Crippen LogP contribution < -0.4 is 0 Å². The van der Waals surface area contributed by atoms with E-state index in [-0.39, 0.29) is 5.41 Å². The van der Waals surface area contributed by atoms with E-state index in [4.69, 9.17) is 14.4 Å². The number of fused-ring (bicyclic) bond motifs is 6. The zero-order chi connectivity index (χ0) is 34.8. The average Bonchev–Trinajstić information content (AvgIpc) is 3.71. The normalized spacial score (nSPS) is 13.0. The first-order chi connectivity index (χ1) is 25.5. The molecule has 0 amide bonds. The average molecular weight is 667 g/mol. The van der Waals surface area contributed by atoms with Crippen LogP contribution in [0.15, 0.2) is 174 Å². The van der Waals surface area contributed by atoms with Crippen molar-refractivity contribution >= 4 is 21.9 Å². The van der Waals surface area contributed by atoms with E-state index >= 15 is 0 Å². The first-order valence-corrected chi connectivity index (χ1v) is 17.8. The molecule has 1 aliphatic carbocycles. The van der Waals surface area contributed by atoms with Gasteiger partial charge >= 0.3 is 0 Å². The Morgan fingerprint density at radius 1 is 0.423 bits per heavy atom. The summed E-state index contributed by atoms with van der Waals surface area (Å²) < 4.78 is 6.71. The molecule has 7 aromatic carbocycles. The Kier molecular flexibility index (Phi) is 6.84. The van der Waals surface area contributed by atoms with Crippen LogP contribution in [0.25, 0.3) is 89.2 Å². The first kappa shape index (κ1) is 30.3. The van der Waals surface area contributed by atoms with Gasteiger partial charge in [-0.25, -0.2) is 9.97 Å². The molecule has 0 fully saturated rings. The summed E-state index contributed by atoms with van der Waals surface area (Å²) in [6, 6.07) is 59.9. The van der Waals surface area contributed by atoms with Crippen LogP contribution in [0, 0.1) is 0 Å². The molecule has 246 valence electrons. The Labute approximate surface area is 302 Å². The second-order valence-corrected chi connectivity index (χ2v) is 14.2. The highest BCUT2D eigenvalue weighted by atomic mass is 16.3. The van der Waals surface area contributed by atoms with Crippen LogP contribution in [0.1, 0.15) is 25.0 Å². The minimum absolute atomic E-state index is 0.0378. The number of para-hydroxylation sites is 1. The fourth-order valence-corrected chi connectivity index (χ4v) is 8.05. The molecule has 9 aromatic rings. The highest BCUT2D eigenvalue weighted by molar-refractivity contribution is 6.16. The lowest BCUT2D eigenvalue weighted by molar-refractivity contribution is 0.660. The standard InChI is InChI=1S/C49H34N2O/c1-49(2)41-19-11-9-17-37(41)38-26-25-35(29-42(38)49)31-21-23-32(24-22-31)36-27-28-39(46-40-18-10-12-20-45(40)52-47(36)46)44-30-43(33-13-5-3-6-14-33)50-48(51-44)34-15-7-4-8-16-34/h3-30H,1-2H3. The topological polar surface area (TPSA) is 38.9 Å². The highest BCUT2D eigenvalue weighted by Crippen LogP contribution is 2.50. The van der Waals surface area contributed by atoms with E-state index in [1.165, 1.54) is 33.4 Å². The van der Waals surface area contributed by atoms with E-state index in [1.54, 1.807) is 0 Å². The predicted octanol–water partition coefficient (Wildman–Crippen LogP) is 13.0. The highest BCUT2D eigenvalue weighted by Gasteiger charge is 2.35. The molecule has 10 rings (SSSR count). The van der Waals surface area contributed by atoms with Crippen LogP contribution in [0.2, 0.25) is 0 Å². The maximum Gasteiger partial charge on any atom is 0.160 e. The van der Waals surface area contributed by atoms with E-state index in [0.717, 1.165) is 61.1 Å². The number of hydrogen-bond acceptors (Lipinski definition) is 3. The SMILES string of the molecule is CC1(C)c2ccccc2-c2ccc(-c3ccc(-c4ccc(-c5cc(-c6ccccc6)nc(-c6ccccc6)n5)c5c4oc4ccccc45)cc3)cc21. The second kappa shape index (κ2) is 11.8. The van der Waals surface area contributed by atoms with Gasteiger partial charge in [0, 0.05) is 38.4 Å². The van der Waals surface area contributed by atoms with Gasteiger partial charge in [-0.05, 0) is 63.2 Å². The van der Waals surface area contributed by atoms with Gasteiger partial charge in [0.05, 0.1) is 11.4 Å². The molecule has 3 nitrogen and oxygen atoms in total. The Balaban J connectivity index is 1.10. The summed E-state index contributed by atoms with van der Waals surface area (Å²) in [6.07, 6.45) is 0. The molecule has 3 heteroatoms. The van der Waals surface area contributed by atoms with Crippen molar-refractivity contribution in [2.45, 2.75) is 19.3 Å². The lowest BCUT2D eigenvalue weighted by Crippen LogP contribution is -2.14. The fraction of sp³-hybridized carbons (Fsp3) is 0.0612. The van der Waals surface area contributed by atoms with Crippen molar-refractivity contribution in [3.63, 3.8) is 0 Å². The number of nitrogens with zero attached hydrogens (tertiary/aromatic N) is 2. The summed E-state index contributed by atoms with van der Waals surface area (Å²) in [5.41, 5.74) is 16.5. The van der Waals surface area contributed by atoms with Crippen molar-refractivity contribution in [1.82, 2.24) is 9.97 Å². The van der Waals surface area contributed by atoms with E-state index in [2.05, 4.69) is 135 Å². The lowest BCUT2D eigenvalue weighted by Gasteiger charge is -2.22. The molecule has 0 saturated carbocycles. The third kappa shape index (κ3) is 4.81.